The van der Waals surface area contributed by atoms with Gasteiger partial charge in [0, 0.05) is 10.9 Å². The minimum atomic E-state index is 0.592. The van der Waals surface area contributed by atoms with Crippen LogP contribution in [-0.4, -0.2) is 13.4 Å². The number of carbonyl (C=O) groups is 1. The second-order valence-corrected chi connectivity index (χ2v) is 3.25. The second kappa shape index (κ2) is 4.50. The number of hydrogen-bond donors (Lipinski definition) is 0. The predicted octanol–water partition coefficient (Wildman–Crippen LogP) is 2.40. The Morgan fingerprint density at radius 2 is 1.94 bits per heavy atom. The highest BCUT2D eigenvalue weighted by Crippen LogP contribution is 2.28. The first-order chi connectivity index (χ1) is 7.86. The van der Waals surface area contributed by atoms with Crippen LogP contribution in [0.1, 0.15) is 5.56 Å². The smallest absolute Gasteiger partial charge is 0.193 e. The lowest BCUT2D eigenvalue weighted by molar-refractivity contribution is -0.103. The van der Waals surface area contributed by atoms with E-state index in [0.29, 0.717) is 6.29 Å². The first-order valence-electron chi connectivity index (χ1n) is 4.87. The van der Waals surface area contributed by atoms with E-state index in [1.54, 1.807) is 7.11 Å². The maximum Gasteiger partial charge on any atom is 0.193 e. The van der Waals surface area contributed by atoms with Crippen LogP contribution in [0.3, 0.4) is 0 Å². The van der Waals surface area contributed by atoms with E-state index < -0.39 is 0 Å². The molecule has 0 bridgehead atoms. The van der Waals surface area contributed by atoms with Crippen LogP contribution in [0.4, 0.5) is 0 Å². The zero-order valence-electron chi connectivity index (χ0n) is 8.86. The molecule has 78 valence electrons. The summed E-state index contributed by atoms with van der Waals surface area (Å²) in [4.78, 5) is 10.3. The van der Waals surface area contributed by atoms with Gasteiger partial charge in [0.15, 0.2) is 6.29 Å². The van der Waals surface area contributed by atoms with E-state index in [9.17, 15) is 4.79 Å². The van der Waals surface area contributed by atoms with Crippen molar-refractivity contribution in [1.29, 1.82) is 0 Å². The van der Waals surface area contributed by atoms with Gasteiger partial charge in [-0.3, -0.25) is 4.79 Å². The van der Waals surface area contributed by atoms with Crippen LogP contribution in [0.25, 0.3) is 10.8 Å². The summed E-state index contributed by atoms with van der Waals surface area (Å²) in [6.07, 6.45) is 0.592. The molecule has 0 saturated heterocycles. The molecule has 2 heteroatoms. The average molecular weight is 210 g/mol. The van der Waals surface area contributed by atoms with E-state index in [-0.39, 0.29) is 0 Å². The van der Waals surface area contributed by atoms with Gasteiger partial charge >= 0.3 is 0 Å². The Balaban J connectivity index is 2.78. The van der Waals surface area contributed by atoms with Crippen molar-refractivity contribution < 1.29 is 9.53 Å². The van der Waals surface area contributed by atoms with Gasteiger partial charge in [-0.1, -0.05) is 30.2 Å². The van der Waals surface area contributed by atoms with Gasteiger partial charge in [0.2, 0.25) is 0 Å². The van der Waals surface area contributed by atoms with E-state index in [1.165, 1.54) is 0 Å². The molecule has 2 nitrogen and oxygen atoms in total. The molecule has 0 N–H and O–H groups in total. The standard InChI is InChI=1S/C14H10O2/c1-16-13-9-3-7-11-5-2-6-12(14(11)13)8-4-10-15/h2-3,5-7,9-10H,1H3. The summed E-state index contributed by atoms with van der Waals surface area (Å²) in [5.41, 5.74) is 0.807. The lowest BCUT2D eigenvalue weighted by Gasteiger charge is -2.06. The van der Waals surface area contributed by atoms with E-state index in [4.69, 9.17) is 4.74 Å². The molecule has 0 aliphatic carbocycles. The fraction of sp³-hybridized carbons (Fsp3) is 0.0714. The summed E-state index contributed by atoms with van der Waals surface area (Å²) < 4.78 is 5.29. The van der Waals surface area contributed by atoms with Gasteiger partial charge in [-0.15, -0.1) is 0 Å². The lowest BCUT2D eigenvalue weighted by Crippen LogP contribution is -1.87. The van der Waals surface area contributed by atoms with E-state index in [1.807, 2.05) is 36.4 Å². The van der Waals surface area contributed by atoms with Gasteiger partial charge < -0.3 is 4.74 Å². The van der Waals surface area contributed by atoms with Crippen LogP contribution < -0.4 is 4.74 Å². The maximum atomic E-state index is 10.3. The Kier molecular flexibility index (Phi) is 2.88. The van der Waals surface area contributed by atoms with E-state index in [0.717, 1.165) is 22.1 Å². The van der Waals surface area contributed by atoms with Crippen molar-refractivity contribution >= 4 is 17.1 Å². The molecule has 0 heterocycles. The van der Waals surface area contributed by atoms with Crippen molar-refractivity contribution in [3.05, 3.63) is 42.0 Å². The monoisotopic (exact) mass is 210 g/mol. The Labute approximate surface area is 93.8 Å². The number of carbonyl (C=O) groups excluding carboxylic acids is 1. The van der Waals surface area contributed by atoms with Crippen LogP contribution in [0.2, 0.25) is 0 Å². The molecule has 0 saturated carbocycles. The molecular formula is C14H10O2. The zero-order valence-corrected chi connectivity index (χ0v) is 8.86. The summed E-state index contributed by atoms with van der Waals surface area (Å²) >= 11 is 0. The Hall–Kier alpha value is -2.27. The van der Waals surface area contributed by atoms with Crippen LogP contribution in [0.15, 0.2) is 36.4 Å². The average Bonchev–Trinajstić information content (AvgIpc) is 2.35. The topological polar surface area (TPSA) is 26.3 Å². The molecule has 2 aromatic rings. The molecule has 0 spiro atoms. The van der Waals surface area contributed by atoms with Crippen molar-refractivity contribution in [2.24, 2.45) is 0 Å². The van der Waals surface area contributed by atoms with Gasteiger partial charge in [-0.05, 0) is 23.4 Å². The molecule has 0 atom stereocenters. The number of hydrogen-bond acceptors (Lipinski definition) is 2. The third kappa shape index (κ3) is 1.76. The van der Waals surface area contributed by atoms with Crippen LogP contribution in [0.5, 0.6) is 5.75 Å². The molecule has 0 fully saturated rings. The van der Waals surface area contributed by atoms with Crippen molar-refractivity contribution in [1.82, 2.24) is 0 Å². The van der Waals surface area contributed by atoms with Crippen LogP contribution in [0, 0.1) is 11.8 Å². The van der Waals surface area contributed by atoms with Crippen molar-refractivity contribution in [3.63, 3.8) is 0 Å². The predicted molar refractivity (Wildman–Crippen MR) is 63.4 cm³/mol. The SMILES string of the molecule is COc1cccc2cccc(C#CC=O)c12. The summed E-state index contributed by atoms with van der Waals surface area (Å²) in [6.45, 7) is 0. The number of aldehydes is 1. The van der Waals surface area contributed by atoms with E-state index >= 15 is 0 Å². The third-order valence-corrected chi connectivity index (χ3v) is 2.35. The van der Waals surface area contributed by atoms with Crippen LogP contribution in [-0.2, 0) is 4.79 Å². The van der Waals surface area contributed by atoms with Gasteiger partial charge in [0.25, 0.3) is 0 Å². The lowest BCUT2D eigenvalue weighted by atomic mass is 10.0. The summed E-state index contributed by atoms with van der Waals surface area (Å²) in [7, 11) is 1.62. The van der Waals surface area contributed by atoms with Gasteiger partial charge in [-0.25, -0.2) is 0 Å². The van der Waals surface area contributed by atoms with Crippen molar-refractivity contribution in [3.8, 4) is 17.6 Å². The number of ether oxygens (including phenoxy) is 1. The molecule has 0 aliphatic rings. The first-order valence-corrected chi connectivity index (χ1v) is 4.87. The minimum Gasteiger partial charge on any atom is -0.496 e. The number of rotatable bonds is 1. The molecular weight excluding hydrogens is 200 g/mol. The number of benzene rings is 2. The second-order valence-electron chi connectivity index (χ2n) is 3.25. The molecule has 16 heavy (non-hydrogen) atoms. The fourth-order valence-electron chi connectivity index (χ4n) is 1.69. The normalized spacial score (nSPS) is 9.31. The Morgan fingerprint density at radius 1 is 1.19 bits per heavy atom. The summed E-state index contributed by atoms with van der Waals surface area (Å²) in [6, 6.07) is 11.6. The zero-order chi connectivity index (χ0) is 11.4. The molecule has 0 aliphatic heterocycles. The number of fused-ring (bicyclic) bond motifs is 1. The Morgan fingerprint density at radius 3 is 2.62 bits per heavy atom. The molecule has 0 amide bonds. The highest BCUT2D eigenvalue weighted by Gasteiger charge is 2.04. The minimum absolute atomic E-state index is 0.592. The van der Waals surface area contributed by atoms with Gasteiger partial charge in [0.1, 0.15) is 5.75 Å². The molecule has 0 radical (unpaired) electrons. The van der Waals surface area contributed by atoms with E-state index in [2.05, 4.69) is 11.8 Å². The molecule has 2 aromatic carbocycles. The Bertz CT molecular complexity index is 583. The fourth-order valence-corrected chi connectivity index (χ4v) is 1.69. The summed E-state index contributed by atoms with van der Waals surface area (Å²) in [5, 5.41) is 2.00. The summed E-state index contributed by atoms with van der Waals surface area (Å²) in [5.74, 6) is 6.01. The first kappa shape index (κ1) is 10.3. The molecule has 0 unspecified atom stereocenters. The van der Waals surface area contributed by atoms with Gasteiger partial charge in [-0.2, -0.15) is 0 Å². The van der Waals surface area contributed by atoms with Crippen molar-refractivity contribution in [2.75, 3.05) is 7.11 Å². The quantitative estimate of drug-likeness (QED) is 0.533. The third-order valence-electron chi connectivity index (χ3n) is 2.35. The van der Waals surface area contributed by atoms with Crippen molar-refractivity contribution in [2.45, 2.75) is 0 Å². The number of methoxy groups -OCH3 is 1. The highest BCUT2D eigenvalue weighted by atomic mass is 16.5. The van der Waals surface area contributed by atoms with Crippen LogP contribution >= 0.6 is 0 Å². The van der Waals surface area contributed by atoms with Gasteiger partial charge in [0.05, 0.1) is 7.11 Å². The highest BCUT2D eigenvalue weighted by molar-refractivity contribution is 5.94. The largest absolute Gasteiger partial charge is 0.496 e. The maximum absolute atomic E-state index is 10.3. The molecule has 0 aromatic heterocycles. The molecule has 2 rings (SSSR count).